The molecule has 25 heavy (non-hydrogen) atoms. The largest absolute Gasteiger partial charge is 0.440 e. The minimum atomic E-state index is -4.45. The van der Waals surface area contributed by atoms with Crippen LogP contribution in [0.3, 0.4) is 0 Å². The van der Waals surface area contributed by atoms with E-state index in [1.54, 1.807) is 6.07 Å². The first-order valence-electron chi connectivity index (χ1n) is 8.94. The Hall–Kier alpha value is -1.56. The van der Waals surface area contributed by atoms with Crippen LogP contribution >= 0.6 is 0 Å². The minimum absolute atomic E-state index is 0.0512. The molecule has 2 aromatic rings. The molecule has 2 heterocycles. The Kier molecular flexibility index (Phi) is 3.69. The van der Waals surface area contributed by atoms with Crippen molar-refractivity contribution in [3.63, 3.8) is 0 Å². The maximum Gasteiger partial charge on any atom is 0.420 e. The summed E-state index contributed by atoms with van der Waals surface area (Å²) >= 11 is 0. The molecular weight excluding hydrogens is 329 g/mol. The van der Waals surface area contributed by atoms with E-state index in [9.17, 15) is 13.2 Å². The monoisotopic (exact) mass is 352 g/mol. The van der Waals surface area contributed by atoms with Crippen LogP contribution in [0.1, 0.15) is 69.0 Å². The number of alkyl halides is 3. The van der Waals surface area contributed by atoms with Gasteiger partial charge < -0.3 is 4.42 Å². The number of fused-ring (bicyclic) bond motifs is 1. The van der Waals surface area contributed by atoms with Crippen molar-refractivity contribution < 1.29 is 17.6 Å². The molecule has 1 aliphatic heterocycles. The van der Waals surface area contributed by atoms with Gasteiger partial charge in [0.25, 0.3) is 0 Å². The summed E-state index contributed by atoms with van der Waals surface area (Å²) in [7, 11) is 0. The predicted octanol–water partition coefficient (Wildman–Crippen LogP) is 5.52. The molecule has 1 aromatic carbocycles. The lowest BCUT2D eigenvalue weighted by Crippen LogP contribution is -2.25. The Morgan fingerprint density at radius 1 is 1.16 bits per heavy atom. The second kappa shape index (κ2) is 5.47. The number of aromatic nitrogens is 1. The van der Waals surface area contributed by atoms with Crippen LogP contribution in [0.4, 0.5) is 13.2 Å². The van der Waals surface area contributed by atoms with Gasteiger partial charge in [-0.1, -0.05) is 13.8 Å². The van der Waals surface area contributed by atoms with Gasteiger partial charge in [-0.15, -0.1) is 0 Å². The fraction of sp³-hybridized carbons (Fsp3) is 0.632. The first-order valence-corrected chi connectivity index (χ1v) is 8.94. The van der Waals surface area contributed by atoms with Crippen LogP contribution < -0.4 is 0 Å². The number of hydrogen-bond acceptors (Lipinski definition) is 3. The topological polar surface area (TPSA) is 29.3 Å². The van der Waals surface area contributed by atoms with Crippen LogP contribution in [-0.2, 0) is 6.18 Å². The standard InChI is InChI=1S/C19H23F3N2O/c1-11(2)17-23-15-9-13(8-14(16(15)25-17)19(20,21)22)12(3)24-7-6-18(10-24)4-5-18/h8-9,11-12H,4-7,10H2,1-3H3. The van der Waals surface area contributed by atoms with E-state index in [0.29, 0.717) is 22.4 Å². The molecule has 1 saturated heterocycles. The molecule has 1 aliphatic carbocycles. The van der Waals surface area contributed by atoms with Gasteiger partial charge in [0.1, 0.15) is 11.1 Å². The molecule has 0 radical (unpaired) electrons. The third kappa shape index (κ3) is 2.94. The third-order valence-electron chi connectivity index (χ3n) is 5.78. The summed E-state index contributed by atoms with van der Waals surface area (Å²) in [4.78, 5) is 6.62. The molecule has 0 N–H and O–H groups in total. The quantitative estimate of drug-likeness (QED) is 0.729. The van der Waals surface area contributed by atoms with Gasteiger partial charge >= 0.3 is 6.18 Å². The molecule has 1 spiro atoms. The number of likely N-dealkylation sites (tertiary alicyclic amines) is 1. The van der Waals surface area contributed by atoms with Crippen molar-refractivity contribution in [1.29, 1.82) is 0 Å². The average Bonchev–Trinajstić information content (AvgIpc) is 2.95. The van der Waals surface area contributed by atoms with Crippen LogP contribution in [-0.4, -0.2) is 23.0 Å². The maximum absolute atomic E-state index is 13.6. The van der Waals surface area contributed by atoms with Crippen LogP contribution in [0.2, 0.25) is 0 Å². The van der Waals surface area contributed by atoms with Crippen LogP contribution in [0.15, 0.2) is 16.5 Å². The van der Waals surface area contributed by atoms with E-state index in [2.05, 4.69) is 9.88 Å². The van der Waals surface area contributed by atoms with Crippen molar-refractivity contribution in [2.75, 3.05) is 13.1 Å². The van der Waals surface area contributed by atoms with Gasteiger partial charge in [0.15, 0.2) is 11.5 Å². The number of nitrogens with zero attached hydrogens (tertiary/aromatic N) is 2. The summed E-state index contributed by atoms with van der Waals surface area (Å²) in [5, 5.41) is 0. The van der Waals surface area contributed by atoms with E-state index in [1.807, 2.05) is 20.8 Å². The molecule has 2 aliphatic rings. The van der Waals surface area contributed by atoms with Gasteiger partial charge in [0, 0.05) is 18.5 Å². The second-order valence-electron chi connectivity index (χ2n) is 8.02. The fourth-order valence-corrected chi connectivity index (χ4v) is 3.87. The highest BCUT2D eigenvalue weighted by Gasteiger charge is 2.48. The SMILES string of the molecule is CC(C)c1nc2cc(C(C)N3CCC4(CC4)C3)cc(C(F)(F)F)c2o1. The van der Waals surface area contributed by atoms with Crippen molar-refractivity contribution in [3.8, 4) is 0 Å². The highest BCUT2D eigenvalue weighted by Crippen LogP contribution is 2.54. The molecule has 0 amide bonds. The van der Waals surface area contributed by atoms with E-state index in [0.717, 1.165) is 19.5 Å². The zero-order valence-corrected chi connectivity index (χ0v) is 14.8. The van der Waals surface area contributed by atoms with Crippen molar-refractivity contribution in [3.05, 3.63) is 29.2 Å². The Bertz CT molecular complexity index is 805. The van der Waals surface area contributed by atoms with E-state index < -0.39 is 11.7 Å². The average molecular weight is 352 g/mol. The van der Waals surface area contributed by atoms with Gasteiger partial charge in [-0.2, -0.15) is 13.2 Å². The molecule has 2 fully saturated rings. The highest BCUT2D eigenvalue weighted by molar-refractivity contribution is 5.78. The summed E-state index contributed by atoms with van der Waals surface area (Å²) < 4.78 is 46.2. The maximum atomic E-state index is 13.6. The number of halogens is 3. The lowest BCUT2D eigenvalue weighted by Gasteiger charge is -2.25. The zero-order chi connectivity index (χ0) is 18.0. The van der Waals surface area contributed by atoms with Crippen LogP contribution in [0.5, 0.6) is 0 Å². The number of benzene rings is 1. The van der Waals surface area contributed by atoms with Crippen molar-refractivity contribution >= 4 is 11.1 Å². The Labute approximate surface area is 145 Å². The Morgan fingerprint density at radius 3 is 2.44 bits per heavy atom. The number of hydrogen-bond donors (Lipinski definition) is 0. The molecule has 0 bridgehead atoms. The third-order valence-corrected chi connectivity index (χ3v) is 5.78. The molecule has 1 saturated carbocycles. The minimum Gasteiger partial charge on any atom is -0.440 e. The second-order valence-corrected chi connectivity index (χ2v) is 8.02. The predicted molar refractivity (Wildman–Crippen MR) is 89.4 cm³/mol. The van der Waals surface area contributed by atoms with Crippen LogP contribution in [0, 0.1) is 5.41 Å². The number of rotatable bonds is 3. The first-order chi connectivity index (χ1) is 11.7. The van der Waals surface area contributed by atoms with E-state index in [-0.39, 0.29) is 17.5 Å². The van der Waals surface area contributed by atoms with E-state index in [1.165, 1.54) is 18.9 Å². The van der Waals surface area contributed by atoms with Gasteiger partial charge in [0.2, 0.25) is 0 Å². The van der Waals surface area contributed by atoms with E-state index in [4.69, 9.17) is 4.42 Å². The zero-order valence-electron chi connectivity index (χ0n) is 14.8. The molecular formula is C19H23F3N2O. The van der Waals surface area contributed by atoms with E-state index >= 15 is 0 Å². The van der Waals surface area contributed by atoms with Gasteiger partial charge in [0.05, 0.1) is 0 Å². The smallest absolute Gasteiger partial charge is 0.420 e. The van der Waals surface area contributed by atoms with Gasteiger partial charge in [-0.3, -0.25) is 4.90 Å². The van der Waals surface area contributed by atoms with Gasteiger partial charge in [-0.25, -0.2) is 4.98 Å². The Balaban J connectivity index is 1.76. The number of oxazole rings is 1. The molecule has 136 valence electrons. The van der Waals surface area contributed by atoms with Gasteiger partial charge in [-0.05, 0) is 55.8 Å². The normalized spacial score (nSPS) is 21.6. The lowest BCUT2D eigenvalue weighted by atomic mass is 10.0. The van der Waals surface area contributed by atoms with Crippen molar-refractivity contribution in [1.82, 2.24) is 9.88 Å². The van der Waals surface area contributed by atoms with Crippen LogP contribution in [0.25, 0.3) is 11.1 Å². The summed E-state index contributed by atoms with van der Waals surface area (Å²) in [5.74, 6) is 0.297. The summed E-state index contributed by atoms with van der Waals surface area (Å²) in [5.41, 5.74) is 0.560. The molecule has 6 heteroatoms. The molecule has 1 atom stereocenters. The summed E-state index contributed by atoms with van der Waals surface area (Å²) in [6, 6.07) is 2.97. The van der Waals surface area contributed by atoms with Crippen molar-refractivity contribution in [2.24, 2.45) is 5.41 Å². The van der Waals surface area contributed by atoms with Crippen molar-refractivity contribution in [2.45, 2.75) is 58.2 Å². The fourth-order valence-electron chi connectivity index (χ4n) is 3.87. The molecule has 1 aromatic heterocycles. The summed E-state index contributed by atoms with van der Waals surface area (Å²) in [6.07, 6.45) is -0.786. The molecule has 1 unspecified atom stereocenters. The lowest BCUT2D eigenvalue weighted by molar-refractivity contribution is -0.136. The first kappa shape index (κ1) is 16.9. The molecule has 3 nitrogen and oxygen atoms in total. The molecule has 4 rings (SSSR count). The Morgan fingerprint density at radius 2 is 1.88 bits per heavy atom. The summed E-state index contributed by atoms with van der Waals surface area (Å²) in [6.45, 7) is 7.66. The highest BCUT2D eigenvalue weighted by atomic mass is 19.4.